The molecule has 0 saturated carbocycles. The molecule has 3 rings (SSSR count). The summed E-state index contributed by atoms with van der Waals surface area (Å²) in [5.41, 5.74) is 1.31. The van der Waals surface area contributed by atoms with E-state index in [1.807, 2.05) is 36.2 Å². The second kappa shape index (κ2) is 7.26. The summed E-state index contributed by atoms with van der Waals surface area (Å²) >= 11 is 0. The topological polar surface area (TPSA) is 93.9 Å². The van der Waals surface area contributed by atoms with Gasteiger partial charge in [-0.15, -0.1) is 10.2 Å². The van der Waals surface area contributed by atoms with Crippen LogP contribution in [0, 0.1) is 0 Å². The lowest BCUT2D eigenvalue weighted by Gasteiger charge is -2.20. The zero-order chi connectivity index (χ0) is 18.7. The lowest BCUT2D eigenvalue weighted by atomic mass is 10.2. The maximum absolute atomic E-state index is 11.8. The number of hydrogen-bond acceptors (Lipinski definition) is 7. The molecule has 3 aromatic rings. The van der Waals surface area contributed by atoms with E-state index in [1.54, 1.807) is 37.8 Å². The lowest BCUT2D eigenvalue weighted by molar-refractivity contribution is 0.129. The van der Waals surface area contributed by atoms with Crippen molar-refractivity contribution < 1.29 is 14.3 Å². The van der Waals surface area contributed by atoms with Crippen molar-refractivity contribution in [1.29, 1.82) is 0 Å². The van der Waals surface area contributed by atoms with Crippen LogP contribution in [0.15, 0.2) is 36.7 Å². The average molecular weight is 356 g/mol. The Hall–Kier alpha value is -3.36. The van der Waals surface area contributed by atoms with Gasteiger partial charge in [-0.05, 0) is 26.0 Å². The van der Waals surface area contributed by atoms with Crippen LogP contribution in [-0.4, -0.2) is 45.9 Å². The van der Waals surface area contributed by atoms with Crippen molar-refractivity contribution in [1.82, 2.24) is 19.6 Å². The molecule has 0 aliphatic rings. The van der Waals surface area contributed by atoms with E-state index < -0.39 is 6.09 Å². The molecule has 0 bridgehead atoms. The number of carbonyl (C=O) groups is 1. The monoisotopic (exact) mass is 356 g/mol. The molecule has 0 spiro atoms. The quantitative estimate of drug-likeness (QED) is 0.751. The number of aromatic nitrogens is 4. The standard InChI is InChI=1S/C17H20N6O3/c1-11(2)26-17(24)19-16-21-20-15-14(18-9-10-23(15)16)22(3)12-7-5-6-8-13(12)25-4/h5-11H,1-4H3,(H,19,21,24). The fourth-order valence-electron chi connectivity index (χ4n) is 2.49. The van der Waals surface area contributed by atoms with Gasteiger partial charge in [-0.2, -0.15) is 0 Å². The van der Waals surface area contributed by atoms with Crippen LogP contribution in [0.1, 0.15) is 13.8 Å². The van der Waals surface area contributed by atoms with Crippen LogP contribution >= 0.6 is 0 Å². The Morgan fingerprint density at radius 3 is 2.77 bits per heavy atom. The van der Waals surface area contributed by atoms with Crippen molar-refractivity contribution in [2.75, 3.05) is 24.4 Å². The van der Waals surface area contributed by atoms with Crippen LogP contribution in [0.3, 0.4) is 0 Å². The number of benzene rings is 1. The first-order valence-electron chi connectivity index (χ1n) is 8.05. The first-order chi connectivity index (χ1) is 12.5. The number of anilines is 3. The molecule has 0 aliphatic heterocycles. The normalized spacial score (nSPS) is 10.8. The number of methoxy groups -OCH3 is 1. The number of nitrogens with one attached hydrogen (secondary N) is 1. The molecule has 1 aromatic carbocycles. The molecule has 9 nitrogen and oxygen atoms in total. The Labute approximate surface area is 150 Å². The first-order valence-corrected chi connectivity index (χ1v) is 8.05. The molecule has 1 amide bonds. The highest BCUT2D eigenvalue weighted by atomic mass is 16.6. The smallest absolute Gasteiger partial charge is 0.414 e. The van der Waals surface area contributed by atoms with Gasteiger partial charge in [-0.25, -0.2) is 9.78 Å². The molecule has 0 atom stereocenters. The molecule has 26 heavy (non-hydrogen) atoms. The highest BCUT2D eigenvalue weighted by Gasteiger charge is 2.18. The largest absolute Gasteiger partial charge is 0.495 e. The molecule has 0 saturated heterocycles. The zero-order valence-corrected chi connectivity index (χ0v) is 15.0. The van der Waals surface area contributed by atoms with Crippen LogP contribution in [0.25, 0.3) is 5.65 Å². The third-order valence-electron chi connectivity index (χ3n) is 3.63. The van der Waals surface area contributed by atoms with Crippen molar-refractivity contribution >= 4 is 29.2 Å². The molecule has 0 fully saturated rings. The number of nitrogens with zero attached hydrogens (tertiary/aromatic N) is 5. The van der Waals surface area contributed by atoms with Gasteiger partial charge in [0.1, 0.15) is 5.75 Å². The van der Waals surface area contributed by atoms with Gasteiger partial charge in [0.25, 0.3) is 0 Å². The summed E-state index contributed by atoms with van der Waals surface area (Å²) in [6.07, 6.45) is 2.45. The number of hydrogen-bond donors (Lipinski definition) is 1. The third kappa shape index (κ3) is 3.37. The van der Waals surface area contributed by atoms with Crippen LogP contribution in [0.4, 0.5) is 22.2 Å². The lowest BCUT2D eigenvalue weighted by Crippen LogP contribution is -2.19. The van der Waals surface area contributed by atoms with Gasteiger partial charge < -0.3 is 14.4 Å². The first kappa shape index (κ1) is 17.5. The number of carbonyl (C=O) groups excluding carboxylic acids is 1. The van der Waals surface area contributed by atoms with Gasteiger partial charge in [0.05, 0.1) is 18.9 Å². The number of ether oxygens (including phenoxy) is 2. The molecule has 9 heteroatoms. The van der Waals surface area contributed by atoms with E-state index in [2.05, 4.69) is 20.5 Å². The van der Waals surface area contributed by atoms with E-state index in [4.69, 9.17) is 9.47 Å². The molecular formula is C17H20N6O3. The fraction of sp³-hybridized carbons (Fsp3) is 0.294. The zero-order valence-electron chi connectivity index (χ0n) is 15.0. The minimum absolute atomic E-state index is 0.233. The van der Waals surface area contributed by atoms with Gasteiger partial charge in [0, 0.05) is 19.4 Å². The van der Waals surface area contributed by atoms with Gasteiger partial charge >= 0.3 is 6.09 Å². The number of fused-ring (bicyclic) bond motifs is 1. The van der Waals surface area contributed by atoms with E-state index in [0.29, 0.717) is 17.2 Å². The third-order valence-corrected chi connectivity index (χ3v) is 3.63. The summed E-state index contributed by atoms with van der Waals surface area (Å²) in [7, 11) is 3.47. The van der Waals surface area contributed by atoms with Gasteiger partial charge in [-0.3, -0.25) is 9.72 Å². The van der Waals surface area contributed by atoms with Crippen molar-refractivity contribution in [2.45, 2.75) is 20.0 Å². The summed E-state index contributed by atoms with van der Waals surface area (Å²) in [6, 6.07) is 7.58. The van der Waals surface area contributed by atoms with Gasteiger partial charge in [-0.1, -0.05) is 12.1 Å². The summed E-state index contributed by atoms with van der Waals surface area (Å²) in [5, 5.41) is 10.8. The van der Waals surface area contributed by atoms with E-state index in [1.165, 1.54) is 0 Å². The van der Waals surface area contributed by atoms with E-state index in [9.17, 15) is 4.79 Å². The summed E-state index contributed by atoms with van der Waals surface area (Å²) in [6.45, 7) is 3.54. The van der Waals surface area contributed by atoms with E-state index in [0.717, 1.165) is 5.69 Å². The molecular weight excluding hydrogens is 336 g/mol. The number of amides is 1. The minimum atomic E-state index is -0.592. The molecule has 0 aliphatic carbocycles. The van der Waals surface area contributed by atoms with E-state index in [-0.39, 0.29) is 12.1 Å². The van der Waals surface area contributed by atoms with Crippen LogP contribution in [0.5, 0.6) is 5.75 Å². The minimum Gasteiger partial charge on any atom is -0.495 e. The average Bonchev–Trinajstić information content (AvgIpc) is 3.03. The second-order valence-corrected chi connectivity index (χ2v) is 5.78. The molecule has 136 valence electrons. The summed E-state index contributed by atoms with van der Waals surface area (Å²) in [5.74, 6) is 1.52. The van der Waals surface area contributed by atoms with Gasteiger partial charge in [0.2, 0.25) is 11.6 Å². The Kier molecular flexibility index (Phi) is 4.87. The van der Waals surface area contributed by atoms with Crippen LogP contribution in [-0.2, 0) is 4.74 Å². The van der Waals surface area contributed by atoms with Crippen molar-refractivity contribution in [3.63, 3.8) is 0 Å². The van der Waals surface area contributed by atoms with Gasteiger partial charge in [0.15, 0.2) is 5.82 Å². The van der Waals surface area contributed by atoms with E-state index >= 15 is 0 Å². The molecule has 2 heterocycles. The Bertz CT molecular complexity index is 924. The maximum atomic E-state index is 11.8. The Morgan fingerprint density at radius 2 is 2.04 bits per heavy atom. The maximum Gasteiger partial charge on any atom is 0.414 e. The highest BCUT2D eigenvalue weighted by molar-refractivity contribution is 5.84. The molecule has 0 radical (unpaired) electrons. The summed E-state index contributed by atoms with van der Waals surface area (Å²) in [4.78, 5) is 18.1. The Morgan fingerprint density at radius 1 is 1.27 bits per heavy atom. The molecule has 2 aromatic heterocycles. The number of para-hydroxylation sites is 2. The van der Waals surface area contributed by atoms with Crippen LogP contribution < -0.4 is 15.0 Å². The summed E-state index contributed by atoms with van der Waals surface area (Å²) < 4.78 is 12.1. The van der Waals surface area contributed by atoms with Crippen molar-refractivity contribution in [3.05, 3.63) is 36.7 Å². The predicted octanol–water partition coefficient (Wildman–Crippen LogP) is 2.86. The van der Waals surface area contributed by atoms with Crippen molar-refractivity contribution in [3.8, 4) is 5.75 Å². The van der Waals surface area contributed by atoms with Crippen LogP contribution in [0.2, 0.25) is 0 Å². The Balaban J connectivity index is 1.97. The SMILES string of the molecule is COc1ccccc1N(C)c1nccn2c(NC(=O)OC(C)C)nnc12. The molecule has 1 N–H and O–H groups in total. The van der Waals surface area contributed by atoms with Crippen molar-refractivity contribution in [2.24, 2.45) is 0 Å². The second-order valence-electron chi connectivity index (χ2n) is 5.78. The fourth-order valence-corrected chi connectivity index (χ4v) is 2.49. The predicted molar refractivity (Wildman–Crippen MR) is 97.1 cm³/mol. The molecule has 0 unspecified atom stereocenters. The number of rotatable bonds is 5. The highest BCUT2D eigenvalue weighted by Crippen LogP contribution is 2.32.